The smallest absolute Gasteiger partial charge is 0.315 e. The van der Waals surface area contributed by atoms with Gasteiger partial charge in [-0.15, -0.1) is 0 Å². The summed E-state index contributed by atoms with van der Waals surface area (Å²) >= 11 is 0. The van der Waals surface area contributed by atoms with Gasteiger partial charge in [0.1, 0.15) is 11.5 Å². The summed E-state index contributed by atoms with van der Waals surface area (Å²) < 4.78 is 5.38. The molecule has 0 amide bonds. The van der Waals surface area contributed by atoms with E-state index in [0.717, 1.165) is 11.1 Å². The molecular weight excluding hydrogens is 240 g/mol. The van der Waals surface area contributed by atoms with Crippen LogP contribution in [-0.4, -0.2) is 11.1 Å². The highest BCUT2D eigenvalue weighted by Gasteiger charge is 2.12. The number of hydrogen-bond donors (Lipinski definition) is 1. The number of para-hydroxylation sites is 2. The lowest BCUT2D eigenvalue weighted by atomic mass is 10.1. The summed E-state index contributed by atoms with van der Waals surface area (Å²) in [5.41, 5.74) is 2.41. The van der Waals surface area contributed by atoms with E-state index in [1.54, 1.807) is 24.3 Å². The van der Waals surface area contributed by atoms with Crippen LogP contribution in [0, 0.1) is 13.8 Å². The van der Waals surface area contributed by atoms with E-state index in [0.29, 0.717) is 11.3 Å². The molecule has 0 saturated heterocycles. The average molecular weight is 256 g/mol. The minimum absolute atomic E-state index is 0.0560. The number of phenols is 1. The number of phenolic OH excluding ortho intramolecular Hbond substituents is 1. The van der Waals surface area contributed by atoms with E-state index in [9.17, 15) is 9.90 Å². The second kappa shape index (κ2) is 5.57. The first kappa shape index (κ1) is 13.1. The van der Waals surface area contributed by atoms with Gasteiger partial charge in [-0.2, -0.15) is 0 Å². The molecule has 0 fully saturated rings. The third-order valence-electron chi connectivity index (χ3n) is 2.95. The number of carbonyl (C=O) groups excluding carboxylic acids is 1. The highest BCUT2D eigenvalue weighted by molar-refractivity contribution is 5.76. The first-order valence-corrected chi connectivity index (χ1v) is 6.11. The Morgan fingerprint density at radius 1 is 1.05 bits per heavy atom. The van der Waals surface area contributed by atoms with Gasteiger partial charge in [0.05, 0.1) is 6.42 Å². The van der Waals surface area contributed by atoms with Crippen molar-refractivity contribution >= 4 is 5.97 Å². The second-order valence-electron chi connectivity index (χ2n) is 4.50. The zero-order chi connectivity index (χ0) is 13.8. The molecule has 19 heavy (non-hydrogen) atoms. The molecule has 0 aliphatic rings. The van der Waals surface area contributed by atoms with Crippen LogP contribution < -0.4 is 4.74 Å². The lowest BCUT2D eigenvalue weighted by Crippen LogP contribution is -2.12. The van der Waals surface area contributed by atoms with Gasteiger partial charge in [0.2, 0.25) is 0 Å². The van der Waals surface area contributed by atoms with E-state index in [1.807, 2.05) is 32.0 Å². The van der Waals surface area contributed by atoms with E-state index in [1.165, 1.54) is 0 Å². The topological polar surface area (TPSA) is 46.5 Å². The van der Waals surface area contributed by atoms with Crippen LogP contribution in [0.2, 0.25) is 0 Å². The molecule has 2 aromatic carbocycles. The number of aryl methyl sites for hydroxylation is 2. The van der Waals surface area contributed by atoms with Gasteiger partial charge in [-0.25, -0.2) is 0 Å². The average Bonchev–Trinajstić information content (AvgIpc) is 2.37. The summed E-state index contributed by atoms with van der Waals surface area (Å²) in [6.07, 6.45) is 0.0560. The minimum atomic E-state index is -0.376. The predicted octanol–water partition coefficient (Wildman–Crippen LogP) is 3.16. The fourth-order valence-corrected chi connectivity index (χ4v) is 1.93. The summed E-state index contributed by atoms with van der Waals surface area (Å²) in [5.74, 6) is 0.336. The Bertz CT molecular complexity index is 582. The van der Waals surface area contributed by atoms with Crippen LogP contribution in [0.15, 0.2) is 42.5 Å². The van der Waals surface area contributed by atoms with Gasteiger partial charge in [-0.1, -0.05) is 36.4 Å². The van der Waals surface area contributed by atoms with Crippen LogP contribution in [0.5, 0.6) is 11.5 Å². The van der Waals surface area contributed by atoms with E-state index in [2.05, 4.69) is 0 Å². The molecule has 3 nitrogen and oxygen atoms in total. The second-order valence-corrected chi connectivity index (χ2v) is 4.50. The molecule has 1 N–H and O–H groups in total. The van der Waals surface area contributed by atoms with Gasteiger partial charge in [0.25, 0.3) is 0 Å². The first-order valence-electron chi connectivity index (χ1n) is 6.11. The van der Waals surface area contributed by atoms with Crippen molar-refractivity contribution < 1.29 is 14.6 Å². The maximum Gasteiger partial charge on any atom is 0.315 e. The van der Waals surface area contributed by atoms with E-state index < -0.39 is 0 Å². The van der Waals surface area contributed by atoms with Crippen molar-refractivity contribution in [3.8, 4) is 11.5 Å². The predicted molar refractivity (Wildman–Crippen MR) is 73.4 cm³/mol. The Kier molecular flexibility index (Phi) is 3.85. The van der Waals surface area contributed by atoms with Crippen molar-refractivity contribution in [1.29, 1.82) is 0 Å². The van der Waals surface area contributed by atoms with Crippen molar-refractivity contribution in [3.05, 3.63) is 59.2 Å². The van der Waals surface area contributed by atoms with Crippen LogP contribution >= 0.6 is 0 Å². The Morgan fingerprint density at radius 3 is 2.32 bits per heavy atom. The quantitative estimate of drug-likeness (QED) is 0.677. The fraction of sp³-hybridized carbons (Fsp3) is 0.188. The molecule has 3 heteroatoms. The van der Waals surface area contributed by atoms with Crippen LogP contribution in [0.4, 0.5) is 0 Å². The van der Waals surface area contributed by atoms with Crippen LogP contribution in [0.1, 0.15) is 16.7 Å². The molecule has 0 spiro atoms. The molecule has 0 unspecified atom stereocenters. The maximum atomic E-state index is 11.9. The number of carbonyl (C=O) groups is 1. The molecule has 0 saturated carbocycles. The number of hydrogen-bond acceptors (Lipinski definition) is 3. The third-order valence-corrected chi connectivity index (χ3v) is 2.95. The largest absolute Gasteiger partial charge is 0.508 e. The van der Waals surface area contributed by atoms with E-state index in [4.69, 9.17) is 4.74 Å². The summed E-state index contributed by atoms with van der Waals surface area (Å²) in [5, 5.41) is 9.63. The molecule has 0 bridgehead atoms. The Balaban J connectivity index is 2.12. The zero-order valence-electron chi connectivity index (χ0n) is 11.0. The van der Waals surface area contributed by atoms with E-state index in [-0.39, 0.29) is 18.1 Å². The highest BCUT2D eigenvalue weighted by atomic mass is 16.5. The van der Waals surface area contributed by atoms with Gasteiger partial charge in [0, 0.05) is 5.56 Å². The standard InChI is InChI=1S/C16H16O3/c1-11-6-5-7-12(2)16(11)19-15(18)10-13-8-3-4-9-14(13)17/h3-9,17H,10H2,1-2H3. The molecule has 0 atom stereocenters. The summed E-state index contributed by atoms with van der Waals surface area (Å²) in [7, 11) is 0. The van der Waals surface area contributed by atoms with E-state index >= 15 is 0 Å². The first-order chi connectivity index (χ1) is 9.08. The van der Waals surface area contributed by atoms with Crippen molar-refractivity contribution in [1.82, 2.24) is 0 Å². The van der Waals surface area contributed by atoms with Gasteiger partial charge in [-0.05, 0) is 31.0 Å². The number of ether oxygens (including phenoxy) is 1. The Labute approximate surface area is 112 Å². The Hall–Kier alpha value is -2.29. The Morgan fingerprint density at radius 2 is 1.68 bits per heavy atom. The molecule has 0 aromatic heterocycles. The van der Waals surface area contributed by atoms with Crippen LogP contribution in [-0.2, 0) is 11.2 Å². The van der Waals surface area contributed by atoms with Crippen molar-refractivity contribution in [2.75, 3.05) is 0 Å². The monoisotopic (exact) mass is 256 g/mol. The van der Waals surface area contributed by atoms with Crippen molar-refractivity contribution in [2.24, 2.45) is 0 Å². The lowest BCUT2D eigenvalue weighted by molar-refractivity contribution is -0.133. The normalized spacial score (nSPS) is 10.2. The minimum Gasteiger partial charge on any atom is -0.508 e. The van der Waals surface area contributed by atoms with Crippen LogP contribution in [0.3, 0.4) is 0 Å². The van der Waals surface area contributed by atoms with Crippen LogP contribution in [0.25, 0.3) is 0 Å². The molecule has 98 valence electrons. The number of rotatable bonds is 3. The maximum absolute atomic E-state index is 11.9. The lowest BCUT2D eigenvalue weighted by Gasteiger charge is -2.10. The SMILES string of the molecule is Cc1cccc(C)c1OC(=O)Cc1ccccc1O. The highest BCUT2D eigenvalue weighted by Crippen LogP contribution is 2.23. The summed E-state index contributed by atoms with van der Waals surface area (Å²) in [6.45, 7) is 3.80. The molecule has 0 aliphatic heterocycles. The third kappa shape index (κ3) is 3.13. The molecule has 2 aromatic rings. The molecular formula is C16H16O3. The summed E-state index contributed by atoms with van der Waals surface area (Å²) in [6, 6.07) is 12.5. The van der Waals surface area contributed by atoms with Gasteiger partial charge >= 0.3 is 5.97 Å². The van der Waals surface area contributed by atoms with Gasteiger partial charge in [-0.3, -0.25) is 4.79 Å². The number of aromatic hydroxyl groups is 1. The molecule has 0 radical (unpaired) electrons. The fourth-order valence-electron chi connectivity index (χ4n) is 1.93. The zero-order valence-corrected chi connectivity index (χ0v) is 11.0. The number of benzene rings is 2. The van der Waals surface area contributed by atoms with Crippen molar-refractivity contribution in [2.45, 2.75) is 20.3 Å². The molecule has 0 heterocycles. The van der Waals surface area contributed by atoms with Gasteiger partial charge < -0.3 is 9.84 Å². The number of esters is 1. The summed E-state index contributed by atoms with van der Waals surface area (Å²) in [4.78, 5) is 11.9. The molecule has 2 rings (SSSR count). The van der Waals surface area contributed by atoms with Gasteiger partial charge in [0.15, 0.2) is 0 Å². The van der Waals surface area contributed by atoms with Crippen molar-refractivity contribution in [3.63, 3.8) is 0 Å². The molecule has 0 aliphatic carbocycles.